The van der Waals surface area contributed by atoms with E-state index in [-0.39, 0.29) is 23.7 Å². The number of para-hydroxylation sites is 1. The van der Waals surface area contributed by atoms with E-state index in [0.29, 0.717) is 6.61 Å². The first-order valence-electron chi connectivity index (χ1n) is 9.62. The minimum Gasteiger partial charge on any atom is -0.462 e. The molecule has 0 aliphatic rings. The van der Waals surface area contributed by atoms with Crippen molar-refractivity contribution in [2.45, 2.75) is 33.7 Å². The van der Waals surface area contributed by atoms with Crippen LogP contribution in [0.4, 0.5) is 4.39 Å². The maximum absolute atomic E-state index is 13.5. The molecule has 0 bridgehead atoms. The van der Waals surface area contributed by atoms with Gasteiger partial charge in [0, 0.05) is 28.6 Å². The summed E-state index contributed by atoms with van der Waals surface area (Å²) in [6, 6.07) is 14.8. The lowest BCUT2D eigenvalue weighted by atomic mass is 10.0. The first kappa shape index (κ1) is 19.9. The van der Waals surface area contributed by atoms with Crippen molar-refractivity contribution in [1.29, 1.82) is 0 Å². The van der Waals surface area contributed by atoms with E-state index in [2.05, 4.69) is 30.5 Å². The van der Waals surface area contributed by atoms with Gasteiger partial charge in [-0.2, -0.15) is 0 Å². The van der Waals surface area contributed by atoms with Gasteiger partial charge in [-0.15, -0.1) is 0 Å². The van der Waals surface area contributed by atoms with E-state index in [1.807, 2.05) is 26.0 Å². The Labute approximate surface area is 165 Å². The first-order valence-corrected chi connectivity index (χ1v) is 9.62. The van der Waals surface area contributed by atoms with Crippen molar-refractivity contribution in [3.05, 3.63) is 66.1 Å². The molecule has 0 unspecified atom stereocenters. The van der Waals surface area contributed by atoms with Gasteiger partial charge in [-0.05, 0) is 49.6 Å². The summed E-state index contributed by atoms with van der Waals surface area (Å²) in [7, 11) is 0. The molecule has 0 atom stereocenters. The molecule has 0 saturated heterocycles. The average molecular weight is 379 g/mol. The van der Waals surface area contributed by atoms with Gasteiger partial charge in [0.25, 0.3) is 0 Å². The fourth-order valence-corrected chi connectivity index (χ4v) is 3.37. The van der Waals surface area contributed by atoms with Gasteiger partial charge >= 0.3 is 5.97 Å². The van der Waals surface area contributed by atoms with Crippen molar-refractivity contribution in [3.8, 4) is 11.1 Å². The molecule has 3 rings (SSSR count). The van der Waals surface area contributed by atoms with E-state index in [4.69, 9.17) is 4.74 Å². The molecule has 2 aromatic carbocycles. The first-order chi connectivity index (χ1) is 13.4. The van der Waals surface area contributed by atoms with E-state index in [1.54, 1.807) is 18.2 Å². The van der Waals surface area contributed by atoms with Crippen LogP contribution in [0.15, 0.2) is 54.6 Å². The standard InChI is InChI=1S/C24H26FNO2/c1-16(2)15-28-23(27)14-13-22-24(18-9-11-19(25)12-10-18)20-7-5-6-8-21(20)26(22)17(3)4/h5-14,16-17H,15H2,1-4H3/b14-13+. The molecule has 3 aromatic rings. The molecule has 0 saturated carbocycles. The molecule has 4 heteroatoms. The highest BCUT2D eigenvalue weighted by Gasteiger charge is 2.18. The number of nitrogens with zero attached hydrogens (tertiary/aromatic N) is 1. The predicted molar refractivity (Wildman–Crippen MR) is 113 cm³/mol. The van der Waals surface area contributed by atoms with Gasteiger partial charge in [0.05, 0.1) is 12.3 Å². The van der Waals surface area contributed by atoms with Gasteiger partial charge in [-0.25, -0.2) is 9.18 Å². The van der Waals surface area contributed by atoms with Crippen LogP contribution in [-0.4, -0.2) is 17.1 Å². The number of ether oxygens (including phenoxy) is 1. The SMILES string of the molecule is CC(C)COC(=O)/C=C/c1c(-c2ccc(F)cc2)c2ccccc2n1C(C)C. The zero-order chi connectivity index (χ0) is 20.3. The number of halogens is 1. The van der Waals surface area contributed by atoms with Gasteiger partial charge < -0.3 is 9.30 Å². The molecule has 1 aromatic heterocycles. The predicted octanol–water partition coefficient (Wildman–Crippen LogP) is 6.24. The zero-order valence-corrected chi connectivity index (χ0v) is 16.8. The number of carbonyl (C=O) groups excluding carboxylic acids is 1. The Morgan fingerprint density at radius 1 is 1.07 bits per heavy atom. The molecule has 0 aliphatic carbocycles. The minimum absolute atomic E-state index is 0.186. The minimum atomic E-state index is -0.362. The lowest BCUT2D eigenvalue weighted by molar-refractivity contribution is -0.138. The molecule has 0 radical (unpaired) electrons. The number of hydrogen-bond acceptors (Lipinski definition) is 2. The Balaban J connectivity index is 2.16. The summed E-state index contributed by atoms with van der Waals surface area (Å²) in [6.45, 7) is 8.60. The van der Waals surface area contributed by atoms with Crippen LogP contribution in [0.2, 0.25) is 0 Å². The average Bonchev–Trinajstić information content (AvgIpc) is 2.99. The largest absolute Gasteiger partial charge is 0.462 e. The van der Waals surface area contributed by atoms with Gasteiger partial charge in [-0.3, -0.25) is 0 Å². The van der Waals surface area contributed by atoms with Gasteiger partial charge in [-0.1, -0.05) is 44.2 Å². The summed E-state index contributed by atoms with van der Waals surface area (Å²) >= 11 is 0. The Morgan fingerprint density at radius 2 is 1.75 bits per heavy atom. The Bertz CT molecular complexity index is 997. The van der Waals surface area contributed by atoms with Crippen LogP contribution in [0.25, 0.3) is 28.1 Å². The second-order valence-corrected chi connectivity index (χ2v) is 7.61. The number of rotatable bonds is 6. The number of carbonyl (C=O) groups is 1. The second kappa shape index (κ2) is 8.42. The van der Waals surface area contributed by atoms with Crippen LogP contribution in [0.3, 0.4) is 0 Å². The smallest absolute Gasteiger partial charge is 0.330 e. The lowest BCUT2D eigenvalue weighted by Crippen LogP contribution is -2.07. The highest BCUT2D eigenvalue weighted by Crippen LogP contribution is 2.37. The number of aromatic nitrogens is 1. The summed E-state index contributed by atoms with van der Waals surface area (Å²) in [6.07, 6.45) is 3.28. The molecule has 3 nitrogen and oxygen atoms in total. The van der Waals surface area contributed by atoms with Crippen LogP contribution < -0.4 is 0 Å². The van der Waals surface area contributed by atoms with E-state index in [0.717, 1.165) is 27.7 Å². The quantitative estimate of drug-likeness (QED) is 0.375. The summed E-state index contributed by atoms with van der Waals surface area (Å²) in [5.41, 5.74) is 3.88. The molecule has 28 heavy (non-hydrogen) atoms. The lowest BCUT2D eigenvalue weighted by Gasteiger charge is -2.13. The van der Waals surface area contributed by atoms with E-state index in [9.17, 15) is 9.18 Å². The zero-order valence-electron chi connectivity index (χ0n) is 16.8. The van der Waals surface area contributed by atoms with Crippen LogP contribution in [0.1, 0.15) is 39.4 Å². The molecule has 1 heterocycles. The number of fused-ring (bicyclic) bond motifs is 1. The van der Waals surface area contributed by atoms with Gasteiger partial charge in [0.15, 0.2) is 0 Å². The summed E-state index contributed by atoms with van der Waals surface area (Å²) in [5, 5.41) is 1.07. The van der Waals surface area contributed by atoms with Crippen molar-refractivity contribution >= 4 is 22.9 Å². The molecule has 146 valence electrons. The monoisotopic (exact) mass is 379 g/mol. The molecule has 0 aliphatic heterocycles. The molecular formula is C24H26FNO2. The molecule has 0 N–H and O–H groups in total. The molecule has 0 spiro atoms. The molecular weight excluding hydrogens is 353 g/mol. The van der Waals surface area contributed by atoms with Crippen molar-refractivity contribution in [3.63, 3.8) is 0 Å². The van der Waals surface area contributed by atoms with Crippen molar-refractivity contribution in [1.82, 2.24) is 4.57 Å². The Hall–Kier alpha value is -2.88. The third kappa shape index (κ3) is 4.16. The van der Waals surface area contributed by atoms with Crippen LogP contribution in [0.5, 0.6) is 0 Å². The molecule has 0 amide bonds. The molecule has 0 fully saturated rings. The number of benzene rings is 2. The normalized spacial score (nSPS) is 11.8. The Morgan fingerprint density at radius 3 is 2.39 bits per heavy atom. The van der Waals surface area contributed by atoms with Crippen LogP contribution >= 0.6 is 0 Å². The van der Waals surface area contributed by atoms with E-state index < -0.39 is 0 Å². The summed E-state index contributed by atoms with van der Waals surface area (Å²) in [5.74, 6) is -0.348. The maximum atomic E-state index is 13.5. The second-order valence-electron chi connectivity index (χ2n) is 7.61. The Kier molecular flexibility index (Phi) is 5.98. The van der Waals surface area contributed by atoms with E-state index in [1.165, 1.54) is 18.2 Å². The highest BCUT2D eigenvalue weighted by atomic mass is 19.1. The van der Waals surface area contributed by atoms with Crippen LogP contribution in [-0.2, 0) is 9.53 Å². The van der Waals surface area contributed by atoms with Crippen molar-refractivity contribution < 1.29 is 13.9 Å². The van der Waals surface area contributed by atoms with E-state index >= 15 is 0 Å². The fraction of sp³-hybridized carbons (Fsp3) is 0.292. The fourth-order valence-electron chi connectivity index (χ4n) is 3.37. The van der Waals surface area contributed by atoms with Crippen LogP contribution in [0, 0.1) is 11.7 Å². The third-order valence-corrected chi connectivity index (χ3v) is 4.53. The summed E-state index contributed by atoms with van der Waals surface area (Å²) in [4.78, 5) is 12.1. The summed E-state index contributed by atoms with van der Waals surface area (Å²) < 4.78 is 20.9. The van der Waals surface area contributed by atoms with Gasteiger partial charge in [0.1, 0.15) is 5.82 Å². The van der Waals surface area contributed by atoms with Crippen molar-refractivity contribution in [2.24, 2.45) is 5.92 Å². The highest BCUT2D eigenvalue weighted by molar-refractivity contribution is 6.02. The van der Waals surface area contributed by atoms with Gasteiger partial charge in [0.2, 0.25) is 0 Å². The third-order valence-electron chi connectivity index (χ3n) is 4.53. The number of esters is 1. The number of hydrogen-bond donors (Lipinski definition) is 0. The maximum Gasteiger partial charge on any atom is 0.330 e. The topological polar surface area (TPSA) is 31.2 Å². The van der Waals surface area contributed by atoms with Crippen molar-refractivity contribution in [2.75, 3.05) is 6.61 Å².